The molecule has 31 heavy (non-hydrogen) atoms. The van der Waals surface area contributed by atoms with E-state index in [0.717, 1.165) is 25.7 Å². The van der Waals surface area contributed by atoms with Crippen LogP contribution in [0.5, 0.6) is 0 Å². The maximum Gasteiger partial charge on any atom is 0.324 e. The van der Waals surface area contributed by atoms with Crippen molar-refractivity contribution in [3.05, 3.63) is 59.1 Å². The molecule has 2 aromatic rings. The van der Waals surface area contributed by atoms with Crippen molar-refractivity contribution >= 4 is 33.3 Å². The second-order valence-corrected chi connectivity index (χ2v) is 10.4. The minimum atomic E-state index is -3.76. The van der Waals surface area contributed by atoms with Gasteiger partial charge in [0.2, 0.25) is 10.0 Å². The van der Waals surface area contributed by atoms with Crippen LogP contribution in [0.2, 0.25) is 5.02 Å². The molecule has 9 heteroatoms. The fraction of sp³-hybridized carbons (Fsp3) is 0.409. The van der Waals surface area contributed by atoms with E-state index in [9.17, 15) is 13.2 Å². The van der Waals surface area contributed by atoms with Crippen LogP contribution in [0.4, 0.5) is 10.5 Å². The highest BCUT2D eigenvalue weighted by molar-refractivity contribution is 7.89. The third-order valence-electron chi connectivity index (χ3n) is 6.70. The first-order valence-corrected chi connectivity index (χ1v) is 12.3. The van der Waals surface area contributed by atoms with Crippen LogP contribution in [-0.2, 0) is 15.4 Å². The van der Waals surface area contributed by atoms with Crippen molar-refractivity contribution in [2.75, 3.05) is 24.5 Å². The van der Waals surface area contributed by atoms with Crippen LogP contribution in [0.3, 0.4) is 0 Å². The smallest absolute Gasteiger partial charge is 0.324 e. The lowest BCUT2D eigenvalue weighted by molar-refractivity contribution is 0.156. The second kappa shape index (κ2) is 8.43. The van der Waals surface area contributed by atoms with Crippen LogP contribution in [0, 0.1) is 0 Å². The lowest BCUT2D eigenvalue weighted by Gasteiger charge is -2.42. The first kappa shape index (κ1) is 22.1. The number of nitrogens with two attached hydrogens (primary N) is 2. The number of hydrogen-bond donors (Lipinski definition) is 2. The Morgan fingerprint density at radius 2 is 1.74 bits per heavy atom. The van der Waals surface area contributed by atoms with Crippen molar-refractivity contribution in [3.63, 3.8) is 0 Å². The van der Waals surface area contributed by atoms with Gasteiger partial charge in [-0.25, -0.2) is 18.4 Å². The predicted octanol–water partition coefficient (Wildman–Crippen LogP) is 3.07. The zero-order chi connectivity index (χ0) is 22.2. The molecule has 0 spiro atoms. The molecule has 2 aliphatic rings. The third kappa shape index (κ3) is 4.30. The van der Waals surface area contributed by atoms with Crippen LogP contribution in [0.25, 0.3) is 0 Å². The van der Waals surface area contributed by atoms with E-state index in [-0.39, 0.29) is 22.4 Å². The van der Waals surface area contributed by atoms with Crippen molar-refractivity contribution in [3.8, 4) is 0 Å². The summed E-state index contributed by atoms with van der Waals surface area (Å²) in [7, 11) is -3.76. The number of urea groups is 1. The molecule has 2 fully saturated rings. The number of amides is 2. The van der Waals surface area contributed by atoms with E-state index in [2.05, 4.69) is 6.07 Å². The Morgan fingerprint density at radius 1 is 1.06 bits per heavy atom. The van der Waals surface area contributed by atoms with Crippen LogP contribution < -0.4 is 15.8 Å². The zero-order valence-corrected chi connectivity index (χ0v) is 18.8. The number of nitrogens with zero attached hydrogens (tertiary/aromatic N) is 2. The maximum absolute atomic E-state index is 13.1. The van der Waals surface area contributed by atoms with Crippen LogP contribution in [0.1, 0.15) is 31.2 Å². The molecule has 1 aliphatic heterocycles. The van der Waals surface area contributed by atoms with E-state index in [4.69, 9.17) is 22.5 Å². The molecule has 1 heterocycles. The number of rotatable bonds is 5. The number of hydrogen-bond acceptors (Lipinski definition) is 4. The number of sulfonamides is 1. The average Bonchev–Trinajstić information content (AvgIpc) is 3.14. The van der Waals surface area contributed by atoms with Crippen LogP contribution >= 0.6 is 11.6 Å². The van der Waals surface area contributed by atoms with E-state index >= 15 is 0 Å². The number of carbonyl (C=O) groups is 1. The van der Waals surface area contributed by atoms with Gasteiger partial charge in [-0.05, 0) is 67.6 Å². The van der Waals surface area contributed by atoms with Gasteiger partial charge in [0, 0.05) is 41.8 Å². The highest BCUT2D eigenvalue weighted by Crippen LogP contribution is 2.41. The zero-order valence-electron chi connectivity index (χ0n) is 17.2. The fourth-order valence-corrected chi connectivity index (χ4v) is 5.55. The highest BCUT2D eigenvalue weighted by Gasteiger charge is 2.41. The summed E-state index contributed by atoms with van der Waals surface area (Å²) in [5.74, 6) is 0. The molecule has 1 aliphatic carbocycles. The summed E-state index contributed by atoms with van der Waals surface area (Å²) >= 11 is 6.20. The summed E-state index contributed by atoms with van der Waals surface area (Å²) in [5.41, 5.74) is 7.94. The predicted molar refractivity (Wildman–Crippen MR) is 122 cm³/mol. The molecule has 7 nitrogen and oxygen atoms in total. The molecule has 0 bridgehead atoms. The van der Waals surface area contributed by atoms with E-state index in [0.29, 0.717) is 30.3 Å². The molecule has 2 aromatic carbocycles. The van der Waals surface area contributed by atoms with Crippen molar-refractivity contribution in [2.45, 2.75) is 42.0 Å². The lowest BCUT2D eigenvalue weighted by atomic mass is 9.68. The molecular weight excluding hydrogens is 436 g/mol. The Labute approximate surface area is 188 Å². The van der Waals surface area contributed by atoms with Crippen molar-refractivity contribution in [2.24, 2.45) is 10.9 Å². The largest absolute Gasteiger partial charge is 0.330 e. The Morgan fingerprint density at radius 3 is 2.32 bits per heavy atom. The average molecular weight is 463 g/mol. The lowest BCUT2D eigenvalue weighted by Crippen LogP contribution is -2.46. The Hall–Kier alpha value is -2.13. The first-order valence-electron chi connectivity index (χ1n) is 10.4. The molecule has 0 radical (unpaired) electrons. The molecule has 0 unspecified atom stereocenters. The molecule has 0 atom stereocenters. The fourth-order valence-electron chi connectivity index (χ4n) is 4.84. The van der Waals surface area contributed by atoms with Gasteiger partial charge in [0.1, 0.15) is 0 Å². The van der Waals surface area contributed by atoms with Gasteiger partial charge < -0.3 is 10.6 Å². The van der Waals surface area contributed by atoms with Crippen LogP contribution in [-0.4, -0.2) is 45.0 Å². The minimum Gasteiger partial charge on any atom is -0.330 e. The highest BCUT2D eigenvalue weighted by atomic mass is 35.5. The maximum atomic E-state index is 13.1. The Kier molecular flexibility index (Phi) is 6.00. The summed E-state index contributed by atoms with van der Waals surface area (Å²) in [6.45, 7) is 1.77. The Balaban J connectivity index is 1.44. The number of anilines is 1. The van der Waals surface area contributed by atoms with Crippen molar-refractivity contribution < 1.29 is 13.2 Å². The van der Waals surface area contributed by atoms with Gasteiger partial charge in [-0.3, -0.25) is 4.90 Å². The summed E-state index contributed by atoms with van der Waals surface area (Å²) in [4.78, 5) is 16.8. The van der Waals surface area contributed by atoms with E-state index in [1.54, 1.807) is 17.0 Å². The van der Waals surface area contributed by atoms with Crippen LogP contribution in [0.15, 0.2) is 53.4 Å². The van der Waals surface area contributed by atoms with Gasteiger partial charge in [-0.1, -0.05) is 23.7 Å². The molecule has 1 saturated carbocycles. The van der Waals surface area contributed by atoms with E-state index in [1.807, 2.05) is 23.1 Å². The number of halogens is 1. The van der Waals surface area contributed by atoms with Gasteiger partial charge in [0.25, 0.3) is 0 Å². The summed E-state index contributed by atoms with van der Waals surface area (Å²) in [6, 6.07) is 14.2. The molecule has 0 aromatic heterocycles. The Bertz CT molecular complexity index is 1070. The first-order chi connectivity index (χ1) is 14.7. The topological polar surface area (TPSA) is 110 Å². The standard InChI is InChI=1S/C22H27ClN4O3S/c23-17-3-1-2-16(14-17)22(15-24)10-8-19(9-11-22)27-13-12-26(21(27)28)18-4-6-20(7-5-18)31(25,29)30/h1-7,14,19H,8-13,15,24H2,(H2,25,29,30)/t19-,22-. The number of carbonyl (C=O) groups excluding carboxylic acids is 1. The van der Waals surface area contributed by atoms with Gasteiger partial charge in [-0.15, -0.1) is 0 Å². The molecule has 4 N–H and O–H groups in total. The molecule has 2 amide bonds. The van der Waals surface area contributed by atoms with E-state index in [1.165, 1.54) is 17.7 Å². The minimum absolute atomic E-state index is 0.0335. The molecule has 4 rings (SSSR count). The van der Waals surface area contributed by atoms with Crippen molar-refractivity contribution in [1.29, 1.82) is 0 Å². The monoisotopic (exact) mass is 462 g/mol. The summed E-state index contributed by atoms with van der Waals surface area (Å²) in [5, 5.41) is 5.87. The quantitative estimate of drug-likeness (QED) is 0.711. The van der Waals surface area contributed by atoms with Gasteiger partial charge >= 0.3 is 6.03 Å². The summed E-state index contributed by atoms with van der Waals surface area (Å²) < 4.78 is 22.9. The molecule has 166 valence electrons. The van der Waals surface area contributed by atoms with Gasteiger partial charge in [-0.2, -0.15) is 0 Å². The normalized spacial score (nSPS) is 24.6. The third-order valence-corrected chi connectivity index (χ3v) is 7.86. The molecular formula is C22H27ClN4O3S. The number of primary sulfonamides is 1. The SMILES string of the molecule is NC[C@]1(c2cccc(Cl)c2)CC[C@H](N2CCN(c3ccc(S(N)(=O)=O)cc3)C2=O)CC1. The molecule has 1 saturated heterocycles. The van der Waals surface area contributed by atoms with Gasteiger partial charge in [0.15, 0.2) is 0 Å². The second-order valence-electron chi connectivity index (χ2n) is 8.39. The van der Waals surface area contributed by atoms with E-state index < -0.39 is 10.0 Å². The summed E-state index contributed by atoms with van der Waals surface area (Å²) in [6.07, 6.45) is 3.57. The number of benzene rings is 2. The van der Waals surface area contributed by atoms with Crippen molar-refractivity contribution in [1.82, 2.24) is 4.90 Å². The van der Waals surface area contributed by atoms with Gasteiger partial charge in [0.05, 0.1) is 4.90 Å².